The fraction of sp³-hybridized carbons (Fsp3) is 1.00. The third-order valence-electron chi connectivity index (χ3n) is 1.43. The molecule has 0 spiro atoms. The van der Waals surface area contributed by atoms with E-state index >= 15 is 0 Å². The van der Waals surface area contributed by atoms with Crippen LogP contribution in [0, 0.1) is 0 Å². The van der Waals surface area contributed by atoms with Gasteiger partial charge in [-0.15, -0.1) is 0 Å². The Balaban J connectivity index is 0. The van der Waals surface area contributed by atoms with Gasteiger partial charge in [-0.1, -0.05) is 0 Å². The van der Waals surface area contributed by atoms with Gasteiger partial charge in [0.1, 0.15) is 0 Å². The SMILES string of the molecule is CC(O)CCO.CCOCCC(C)O. The van der Waals surface area contributed by atoms with Gasteiger partial charge in [-0.25, -0.2) is 0 Å². The van der Waals surface area contributed by atoms with Crippen molar-refractivity contribution < 1.29 is 20.1 Å². The maximum Gasteiger partial charge on any atom is 0.0534 e. The summed E-state index contributed by atoms with van der Waals surface area (Å²) >= 11 is 0. The van der Waals surface area contributed by atoms with Gasteiger partial charge in [0.15, 0.2) is 0 Å². The van der Waals surface area contributed by atoms with Crippen LogP contribution < -0.4 is 0 Å². The zero-order valence-corrected chi connectivity index (χ0v) is 9.44. The number of aliphatic hydroxyl groups excluding tert-OH is 3. The smallest absolute Gasteiger partial charge is 0.0534 e. The highest BCUT2D eigenvalue weighted by atomic mass is 16.5. The van der Waals surface area contributed by atoms with Crippen molar-refractivity contribution in [3.63, 3.8) is 0 Å². The van der Waals surface area contributed by atoms with E-state index in [-0.39, 0.29) is 18.8 Å². The van der Waals surface area contributed by atoms with Gasteiger partial charge in [-0.2, -0.15) is 0 Å². The van der Waals surface area contributed by atoms with Gasteiger partial charge in [0.2, 0.25) is 0 Å². The Morgan fingerprint density at radius 1 is 1.07 bits per heavy atom. The molecule has 0 radical (unpaired) electrons. The normalized spacial score (nSPS) is 14.1. The van der Waals surface area contributed by atoms with Crippen LogP contribution in [0.2, 0.25) is 0 Å². The lowest BCUT2D eigenvalue weighted by Crippen LogP contribution is -2.04. The van der Waals surface area contributed by atoms with E-state index in [0.717, 1.165) is 13.0 Å². The van der Waals surface area contributed by atoms with Gasteiger partial charge in [0.25, 0.3) is 0 Å². The molecule has 0 saturated carbocycles. The Morgan fingerprint density at radius 2 is 1.57 bits per heavy atom. The largest absolute Gasteiger partial charge is 0.396 e. The van der Waals surface area contributed by atoms with E-state index in [1.165, 1.54) is 0 Å². The second-order valence-electron chi connectivity index (χ2n) is 3.20. The van der Waals surface area contributed by atoms with Crippen LogP contribution in [0.25, 0.3) is 0 Å². The first-order valence-corrected chi connectivity index (χ1v) is 5.09. The zero-order valence-electron chi connectivity index (χ0n) is 9.44. The van der Waals surface area contributed by atoms with E-state index in [4.69, 9.17) is 20.1 Å². The molecular formula is C10H24O4. The number of ether oxygens (including phenoxy) is 1. The van der Waals surface area contributed by atoms with Gasteiger partial charge in [0.05, 0.1) is 12.2 Å². The molecule has 0 rings (SSSR count). The average Bonchev–Trinajstić information content (AvgIpc) is 2.05. The lowest BCUT2D eigenvalue weighted by atomic mass is 10.3. The van der Waals surface area contributed by atoms with E-state index in [9.17, 15) is 0 Å². The summed E-state index contributed by atoms with van der Waals surface area (Å²) in [5.41, 5.74) is 0. The van der Waals surface area contributed by atoms with Crippen molar-refractivity contribution in [2.45, 2.75) is 45.8 Å². The van der Waals surface area contributed by atoms with Crippen LogP contribution in [0.1, 0.15) is 33.6 Å². The molecular weight excluding hydrogens is 184 g/mol. The molecule has 2 atom stereocenters. The topological polar surface area (TPSA) is 69.9 Å². The van der Waals surface area contributed by atoms with Gasteiger partial charge < -0.3 is 20.1 Å². The van der Waals surface area contributed by atoms with Crippen molar-refractivity contribution in [1.82, 2.24) is 0 Å². The van der Waals surface area contributed by atoms with Crippen LogP contribution in [0.4, 0.5) is 0 Å². The fourth-order valence-electron chi connectivity index (χ4n) is 0.585. The maximum absolute atomic E-state index is 8.70. The third kappa shape index (κ3) is 22.6. The summed E-state index contributed by atoms with van der Waals surface area (Å²) in [6.07, 6.45) is 0.657. The molecule has 4 heteroatoms. The monoisotopic (exact) mass is 208 g/mol. The minimum Gasteiger partial charge on any atom is -0.396 e. The first kappa shape index (κ1) is 16.3. The summed E-state index contributed by atoms with van der Waals surface area (Å²) < 4.78 is 4.98. The van der Waals surface area contributed by atoms with Crippen LogP contribution in [-0.4, -0.2) is 47.3 Å². The number of hydrogen-bond donors (Lipinski definition) is 3. The number of hydrogen-bond acceptors (Lipinski definition) is 4. The quantitative estimate of drug-likeness (QED) is 0.557. The number of aliphatic hydroxyl groups is 3. The maximum atomic E-state index is 8.70. The second kappa shape index (κ2) is 12.8. The molecule has 0 aromatic rings. The van der Waals surface area contributed by atoms with Crippen LogP contribution in [0.5, 0.6) is 0 Å². The molecule has 4 nitrogen and oxygen atoms in total. The molecule has 0 aliphatic heterocycles. The molecule has 0 fully saturated rings. The first-order valence-electron chi connectivity index (χ1n) is 5.09. The number of rotatable bonds is 6. The summed E-state index contributed by atoms with van der Waals surface area (Å²) in [4.78, 5) is 0. The Hall–Kier alpha value is -0.160. The highest BCUT2D eigenvalue weighted by molar-refractivity contribution is 4.42. The minimum absolute atomic E-state index is 0.0810. The Morgan fingerprint density at radius 3 is 1.79 bits per heavy atom. The lowest BCUT2D eigenvalue weighted by molar-refractivity contribution is 0.0968. The van der Waals surface area contributed by atoms with Crippen LogP contribution in [0.15, 0.2) is 0 Å². The fourth-order valence-corrected chi connectivity index (χ4v) is 0.585. The third-order valence-corrected chi connectivity index (χ3v) is 1.43. The average molecular weight is 208 g/mol. The zero-order chi connectivity index (χ0) is 11.4. The predicted molar refractivity (Wildman–Crippen MR) is 56.2 cm³/mol. The van der Waals surface area contributed by atoms with E-state index in [0.29, 0.717) is 13.0 Å². The van der Waals surface area contributed by atoms with Crippen molar-refractivity contribution in [3.05, 3.63) is 0 Å². The van der Waals surface area contributed by atoms with E-state index < -0.39 is 0 Å². The molecule has 0 aromatic heterocycles. The summed E-state index contributed by atoms with van der Waals surface area (Å²) in [6, 6.07) is 0. The van der Waals surface area contributed by atoms with Crippen LogP contribution in [-0.2, 0) is 4.74 Å². The molecule has 0 amide bonds. The summed E-state index contributed by atoms with van der Waals surface area (Å²) in [7, 11) is 0. The molecule has 14 heavy (non-hydrogen) atoms. The van der Waals surface area contributed by atoms with Crippen LogP contribution in [0.3, 0.4) is 0 Å². The van der Waals surface area contributed by atoms with Gasteiger partial charge in [-0.05, 0) is 33.6 Å². The second-order valence-corrected chi connectivity index (χ2v) is 3.20. The van der Waals surface area contributed by atoms with Crippen molar-refractivity contribution in [3.8, 4) is 0 Å². The van der Waals surface area contributed by atoms with E-state index in [2.05, 4.69) is 0 Å². The highest BCUT2D eigenvalue weighted by Crippen LogP contribution is 1.88. The van der Waals surface area contributed by atoms with Crippen molar-refractivity contribution in [2.75, 3.05) is 19.8 Å². The van der Waals surface area contributed by atoms with Crippen molar-refractivity contribution in [1.29, 1.82) is 0 Å². The Labute approximate surface area is 86.5 Å². The van der Waals surface area contributed by atoms with Gasteiger partial charge >= 0.3 is 0 Å². The molecule has 2 unspecified atom stereocenters. The van der Waals surface area contributed by atoms with Gasteiger partial charge in [0, 0.05) is 19.8 Å². The molecule has 0 aliphatic carbocycles. The Kier molecular flexibility index (Phi) is 14.9. The summed E-state index contributed by atoms with van der Waals surface area (Å²) in [6.45, 7) is 6.86. The lowest BCUT2D eigenvalue weighted by Gasteiger charge is -2.01. The first-order chi connectivity index (χ1) is 6.54. The van der Waals surface area contributed by atoms with Crippen LogP contribution >= 0.6 is 0 Å². The minimum atomic E-state index is -0.352. The Bertz CT molecular complexity index is 94.1. The van der Waals surface area contributed by atoms with E-state index in [1.54, 1.807) is 13.8 Å². The molecule has 88 valence electrons. The molecule has 0 aromatic carbocycles. The standard InChI is InChI=1S/C6H14O2.C4H10O2/c1-3-8-5-4-6(2)7;1-4(6)2-3-5/h6-7H,3-5H2,1-2H3;4-6H,2-3H2,1H3. The molecule has 0 heterocycles. The van der Waals surface area contributed by atoms with Gasteiger partial charge in [-0.3, -0.25) is 0 Å². The summed E-state index contributed by atoms with van der Waals surface area (Å²) in [5.74, 6) is 0. The molecule has 0 bridgehead atoms. The molecule has 0 aliphatic rings. The molecule has 0 saturated heterocycles. The predicted octanol–water partition coefficient (Wildman–Crippen LogP) is 0.543. The van der Waals surface area contributed by atoms with Crippen molar-refractivity contribution in [2.24, 2.45) is 0 Å². The highest BCUT2D eigenvalue weighted by Gasteiger charge is 1.92. The molecule has 3 N–H and O–H groups in total. The summed E-state index contributed by atoms with van der Waals surface area (Å²) in [5, 5.41) is 25.2. The van der Waals surface area contributed by atoms with E-state index in [1.807, 2.05) is 6.92 Å². The van der Waals surface area contributed by atoms with Crippen molar-refractivity contribution >= 4 is 0 Å².